The number of hydrogen-bond donors (Lipinski definition) is 3. The van der Waals surface area contributed by atoms with Gasteiger partial charge in [0, 0.05) is 55.2 Å². The van der Waals surface area contributed by atoms with Crippen molar-refractivity contribution in [3.05, 3.63) is 77.4 Å². The predicted molar refractivity (Wildman–Crippen MR) is 233 cm³/mol. The van der Waals surface area contributed by atoms with Crippen molar-refractivity contribution in [2.45, 2.75) is 102 Å². The number of carbonyl (C=O) groups is 4. The molecule has 328 valence electrons. The SMILES string of the molecule is CCc1cc(N2C(=S)N(c3ccc(C#N)c(C(F)(F)F)c3)C(=O)C23CCCCC3)ccc1OCCN1C[C@@H](C)N(CC(=O)Nc2cccc(NC3CCC(=O)NC3=O)c2)[C@@H](C)C1. The molecule has 3 atom stereocenters. The number of thiocarbonyl (C=S) groups is 1. The number of piperidine rings is 1. The van der Waals surface area contributed by atoms with Crippen molar-refractivity contribution in [1.82, 2.24) is 15.1 Å². The van der Waals surface area contributed by atoms with E-state index in [4.69, 9.17) is 17.0 Å². The number of amides is 4. The number of carbonyl (C=O) groups excluding carboxylic acids is 4. The number of benzene rings is 3. The largest absolute Gasteiger partial charge is 0.492 e. The van der Waals surface area contributed by atoms with E-state index < -0.39 is 28.9 Å². The van der Waals surface area contributed by atoms with Crippen molar-refractivity contribution in [3.8, 4) is 11.8 Å². The summed E-state index contributed by atoms with van der Waals surface area (Å²) in [6.07, 6.45) is -0.0472. The maximum absolute atomic E-state index is 14.4. The zero-order valence-electron chi connectivity index (χ0n) is 35.0. The van der Waals surface area contributed by atoms with Gasteiger partial charge in [-0.3, -0.25) is 39.2 Å². The molecule has 7 rings (SSSR count). The third-order valence-electron chi connectivity index (χ3n) is 12.4. The first-order valence-electron chi connectivity index (χ1n) is 21.2. The number of rotatable bonds is 12. The Bertz CT molecular complexity index is 2270. The first-order chi connectivity index (χ1) is 29.6. The molecule has 3 aromatic carbocycles. The Labute approximate surface area is 364 Å². The Morgan fingerprint density at radius 1 is 0.984 bits per heavy atom. The Hall–Kier alpha value is -5.57. The maximum atomic E-state index is 14.4. The minimum absolute atomic E-state index is 0.0222. The average molecular weight is 873 g/mol. The summed E-state index contributed by atoms with van der Waals surface area (Å²) in [5.41, 5.74) is 0.116. The number of ether oxygens (including phenoxy) is 1. The van der Waals surface area contributed by atoms with E-state index in [1.54, 1.807) is 30.3 Å². The minimum atomic E-state index is -4.79. The number of aryl methyl sites for hydroxylation is 1. The van der Waals surface area contributed by atoms with Crippen molar-refractivity contribution in [2.75, 3.05) is 53.2 Å². The topological polar surface area (TPSA) is 150 Å². The van der Waals surface area contributed by atoms with Crippen LogP contribution >= 0.6 is 12.2 Å². The van der Waals surface area contributed by atoms with Gasteiger partial charge in [-0.2, -0.15) is 18.4 Å². The second-order valence-electron chi connectivity index (χ2n) is 16.6. The Balaban J connectivity index is 0.963. The molecule has 1 aliphatic carbocycles. The van der Waals surface area contributed by atoms with Crippen molar-refractivity contribution in [1.29, 1.82) is 5.26 Å². The molecule has 3 aromatic rings. The van der Waals surface area contributed by atoms with Crippen LogP contribution in [0.25, 0.3) is 0 Å². The molecule has 1 saturated carbocycles. The highest BCUT2D eigenvalue weighted by atomic mass is 32.1. The molecule has 17 heteroatoms. The van der Waals surface area contributed by atoms with Gasteiger partial charge in [0.2, 0.25) is 17.7 Å². The molecule has 4 fully saturated rings. The summed E-state index contributed by atoms with van der Waals surface area (Å²) in [4.78, 5) is 58.8. The third kappa shape index (κ3) is 9.28. The number of nitriles is 1. The van der Waals surface area contributed by atoms with Gasteiger partial charge >= 0.3 is 6.18 Å². The van der Waals surface area contributed by atoms with E-state index in [0.717, 1.165) is 50.0 Å². The van der Waals surface area contributed by atoms with Gasteiger partial charge in [0.15, 0.2) is 5.11 Å². The molecule has 0 aromatic heterocycles. The number of hydrogen-bond acceptors (Lipinski definition) is 10. The fourth-order valence-corrected chi connectivity index (χ4v) is 9.76. The highest BCUT2D eigenvalue weighted by Gasteiger charge is 2.56. The van der Waals surface area contributed by atoms with Crippen LogP contribution in [0.5, 0.6) is 5.75 Å². The van der Waals surface area contributed by atoms with Gasteiger partial charge in [-0.25, -0.2) is 0 Å². The molecular formula is C45H51F3N8O5S. The lowest BCUT2D eigenvalue weighted by Gasteiger charge is -2.44. The molecule has 3 saturated heterocycles. The normalized spacial score (nSPS) is 22.1. The molecule has 0 radical (unpaired) electrons. The monoisotopic (exact) mass is 872 g/mol. The molecule has 4 aliphatic rings. The lowest BCUT2D eigenvalue weighted by Crippen LogP contribution is -2.58. The van der Waals surface area contributed by atoms with Crippen LogP contribution < -0.4 is 30.5 Å². The summed E-state index contributed by atoms with van der Waals surface area (Å²) in [5.74, 6) is -0.477. The average Bonchev–Trinajstić information content (AvgIpc) is 3.43. The number of anilines is 4. The van der Waals surface area contributed by atoms with Crippen LogP contribution in [0.3, 0.4) is 0 Å². The first-order valence-corrected chi connectivity index (χ1v) is 21.6. The lowest BCUT2D eigenvalue weighted by molar-refractivity contribution is -0.138. The molecular weight excluding hydrogens is 822 g/mol. The molecule has 3 heterocycles. The number of imide groups is 1. The van der Waals surface area contributed by atoms with E-state index in [1.807, 2.05) is 30.0 Å². The standard InChI is InChI=1S/C45H51F3N8O5S/c1-4-30-21-35(56-43(62)55(42(60)44(56)17-6-5-7-18-44)34-12-11-31(24-49)36(23-34)45(46,47)48)13-15-38(30)61-20-19-53-25-28(2)54(29(3)26-53)27-40(58)51-33-10-8-9-32(22-33)50-37-14-16-39(57)52-41(37)59/h8-13,15,21-23,28-29,37,50H,4-7,14,16-20,25-27H2,1-3H3,(H,51,58)(H,52,57,59)/t28-,29+,37?. The Morgan fingerprint density at radius 2 is 1.69 bits per heavy atom. The van der Waals surface area contributed by atoms with Crippen molar-refractivity contribution >= 4 is 63.7 Å². The lowest BCUT2D eigenvalue weighted by atomic mass is 9.80. The molecule has 3 N–H and O–H groups in total. The van der Waals surface area contributed by atoms with Gasteiger partial charge in [-0.1, -0.05) is 32.3 Å². The van der Waals surface area contributed by atoms with Crippen molar-refractivity contribution in [3.63, 3.8) is 0 Å². The van der Waals surface area contributed by atoms with Crippen LogP contribution in [0.1, 0.15) is 82.4 Å². The van der Waals surface area contributed by atoms with Gasteiger partial charge in [0.1, 0.15) is 23.9 Å². The van der Waals surface area contributed by atoms with Crippen LogP contribution in [-0.4, -0.2) is 95.0 Å². The molecule has 1 unspecified atom stereocenters. The highest BCUT2D eigenvalue weighted by molar-refractivity contribution is 7.81. The van der Waals surface area contributed by atoms with Crippen LogP contribution in [0.2, 0.25) is 0 Å². The summed E-state index contributed by atoms with van der Waals surface area (Å²) in [6.45, 7) is 8.93. The third-order valence-corrected chi connectivity index (χ3v) is 12.7. The van der Waals surface area contributed by atoms with E-state index in [2.05, 4.69) is 39.6 Å². The molecule has 1 spiro atoms. The summed E-state index contributed by atoms with van der Waals surface area (Å²) in [5, 5.41) is 17.9. The molecule has 3 aliphatic heterocycles. The van der Waals surface area contributed by atoms with Gasteiger partial charge in [-0.15, -0.1) is 0 Å². The Morgan fingerprint density at radius 3 is 2.37 bits per heavy atom. The first kappa shape index (κ1) is 44.5. The van der Waals surface area contributed by atoms with Crippen molar-refractivity contribution in [2.24, 2.45) is 0 Å². The second kappa shape index (κ2) is 18.4. The number of nitrogens with zero attached hydrogens (tertiary/aromatic N) is 5. The Kier molecular flexibility index (Phi) is 13.2. The van der Waals surface area contributed by atoms with Crippen LogP contribution in [-0.2, 0) is 31.8 Å². The summed E-state index contributed by atoms with van der Waals surface area (Å²) >= 11 is 5.93. The van der Waals surface area contributed by atoms with Gasteiger partial charge < -0.3 is 20.3 Å². The molecule has 13 nitrogen and oxygen atoms in total. The minimum Gasteiger partial charge on any atom is -0.492 e. The fraction of sp³-hybridized carbons (Fsp3) is 0.467. The number of alkyl halides is 3. The number of halogens is 3. The number of piperazine rings is 1. The summed E-state index contributed by atoms with van der Waals surface area (Å²) < 4.78 is 48.3. The van der Waals surface area contributed by atoms with Gasteiger partial charge in [0.05, 0.1) is 29.4 Å². The smallest absolute Gasteiger partial charge is 0.417 e. The number of nitrogens with one attached hydrogen (secondary N) is 3. The molecule has 62 heavy (non-hydrogen) atoms. The zero-order chi connectivity index (χ0) is 44.3. The second-order valence-corrected chi connectivity index (χ2v) is 17.0. The summed E-state index contributed by atoms with van der Waals surface area (Å²) in [7, 11) is 0. The van der Waals surface area contributed by atoms with E-state index in [1.165, 1.54) is 11.0 Å². The quantitative estimate of drug-likeness (QED) is 0.133. The maximum Gasteiger partial charge on any atom is 0.417 e. The van der Waals surface area contributed by atoms with E-state index >= 15 is 0 Å². The highest BCUT2D eigenvalue weighted by Crippen LogP contribution is 2.46. The van der Waals surface area contributed by atoms with Crippen LogP contribution in [0, 0.1) is 11.3 Å². The molecule has 0 bridgehead atoms. The van der Waals surface area contributed by atoms with Crippen LogP contribution in [0.4, 0.5) is 35.9 Å². The predicted octanol–water partition coefficient (Wildman–Crippen LogP) is 6.61. The van der Waals surface area contributed by atoms with Crippen LogP contribution in [0.15, 0.2) is 60.7 Å². The molecule has 4 amide bonds. The van der Waals surface area contributed by atoms with Gasteiger partial charge in [0.25, 0.3) is 5.91 Å². The van der Waals surface area contributed by atoms with Gasteiger partial charge in [-0.05, 0) is 112 Å². The van der Waals surface area contributed by atoms with E-state index in [9.17, 15) is 37.6 Å². The van der Waals surface area contributed by atoms with E-state index in [-0.39, 0.29) is 59.5 Å². The zero-order valence-corrected chi connectivity index (χ0v) is 35.8. The summed E-state index contributed by atoms with van der Waals surface area (Å²) in [6, 6.07) is 17.3. The van der Waals surface area contributed by atoms with E-state index in [0.29, 0.717) is 61.6 Å². The fourth-order valence-electron chi connectivity index (χ4n) is 9.29. The van der Waals surface area contributed by atoms with Crippen molar-refractivity contribution < 1.29 is 37.1 Å².